The van der Waals surface area contributed by atoms with Gasteiger partial charge in [-0.3, -0.25) is 14.4 Å². The maximum absolute atomic E-state index is 13.0. The Morgan fingerprint density at radius 1 is 0.967 bits per heavy atom. The van der Waals surface area contributed by atoms with Crippen LogP contribution < -0.4 is 9.80 Å². The van der Waals surface area contributed by atoms with Gasteiger partial charge in [0.05, 0.1) is 5.92 Å². The first-order valence-electron chi connectivity index (χ1n) is 11.2. The number of nitrogens with zero attached hydrogens (tertiary/aromatic N) is 4. The molecule has 160 valence electrons. The summed E-state index contributed by atoms with van der Waals surface area (Å²) >= 11 is 0. The molecule has 0 N–H and O–H groups in total. The van der Waals surface area contributed by atoms with Gasteiger partial charge in [-0.2, -0.15) is 0 Å². The number of benzene rings is 1. The number of fused-ring (bicyclic) bond motifs is 1. The molecule has 3 heterocycles. The molecule has 3 fully saturated rings. The number of hydrogen-bond acceptors (Lipinski definition) is 4. The molecule has 5 rings (SSSR count). The molecule has 1 atom stereocenters. The van der Waals surface area contributed by atoms with E-state index in [1.165, 1.54) is 0 Å². The number of hydrogen-bond donors (Lipinski definition) is 0. The molecule has 0 bridgehead atoms. The smallest absolute Gasteiger partial charge is 0.230 e. The predicted octanol–water partition coefficient (Wildman–Crippen LogP) is 1.50. The van der Waals surface area contributed by atoms with Crippen molar-refractivity contribution < 1.29 is 14.4 Å². The van der Waals surface area contributed by atoms with Crippen LogP contribution in [-0.4, -0.2) is 73.8 Å². The van der Waals surface area contributed by atoms with Crippen molar-refractivity contribution in [1.82, 2.24) is 9.80 Å². The third-order valence-electron chi connectivity index (χ3n) is 6.97. The minimum absolute atomic E-state index is 0.0177. The molecular weight excluding hydrogens is 380 g/mol. The van der Waals surface area contributed by atoms with Gasteiger partial charge in [0.15, 0.2) is 0 Å². The van der Waals surface area contributed by atoms with Crippen LogP contribution in [0.3, 0.4) is 0 Å². The molecule has 30 heavy (non-hydrogen) atoms. The van der Waals surface area contributed by atoms with E-state index in [9.17, 15) is 14.4 Å². The van der Waals surface area contributed by atoms with E-state index in [2.05, 4.69) is 11.9 Å². The van der Waals surface area contributed by atoms with Crippen molar-refractivity contribution in [2.45, 2.75) is 32.1 Å². The van der Waals surface area contributed by atoms with Crippen LogP contribution in [0.5, 0.6) is 0 Å². The lowest BCUT2D eigenvalue weighted by Gasteiger charge is -2.24. The third kappa shape index (κ3) is 3.60. The van der Waals surface area contributed by atoms with Crippen LogP contribution in [0.2, 0.25) is 0 Å². The largest absolute Gasteiger partial charge is 0.341 e. The van der Waals surface area contributed by atoms with Crippen molar-refractivity contribution in [2.75, 3.05) is 56.1 Å². The summed E-state index contributed by atoms with van der Waals surface area (Å²) in [6.45, 7) is 4.59. The Bertz CT molecular complexity index is 881. The molecule has 3 aliphatic heterocycles. The van der Waals surface area contributed by atoms with E-state index in [1.54, 1.807) is 4.90 Å². The fourth-order valence-electron chi connectivity index (χ4n) is 4.98. The lowest BCUT2D eigenvalue weighted by molar-refractivity contribution is -0.135. The topological polar surface area (TPSA) is 64.2 Å². The van der Waals surface area contributed by atoms with E-state index < -0.39 is 0 Å². The first-order chi connectivity index (χ1) is 14.5. The molecule has 0 spiro atoms. The number of carbonyl (C=O) groups is 3. The van der Waals surface area contributed by atoms with Crippen LogP contribution in [-0.2, 0) is 20.8 Å². The second-order valence-corrected chi connectivity index (χ2v) is 9.21. The molecule has 1 aromatic carbocycles. The molecule has 0 unspecified atom stereocenters. The number of rotatable bonds is 3. The van der Waals surface area contributed by atoms with Crippen LogP contribution in [0.1, 0.15) is 31.2 Å². The SMILES string of the molecule is CN1CCCN(C(=O)[C@@H]2CC(=O)N(c3ccc4c(c3)CCN4C(=O)C3CC3)C2)CC1. The number of carbonyl (C=O) groups excluding carboxylic acids is 3. The summed E-state index contributed by atoms with van der Waals surface area (Å²) in [4.78, 5) is 46.1. The zero-order valence-corrected chi connectivity index (χ0v) is 17.7. The third-order valence-corrected chi connectivity index (χ3v) is 6.97. The Balaban J connectivity index is 1.28. The predicted molar refractivity (Wildman–Crippen MR) is 114 cm³/mol. The highest BCUT2D eigenvalue weighted by Crippen LogP contribution is 2.38. The molecule has 7 heteroatoms. The lowest BCUT2D eigenvalue weighted by Crippen LogP contribution is -2.39. The fourth-order valence-corrected chi connectivity index (χ4v) is 4.98. The van der Waals surface area contributed by atoms with E-state index in [1.807, 2.05) is 28.0 Å². The monoisotopic (exact) mass is 410 g/mol. The van der Waals surface area contributed by atoms with E-state index in [0.717, 1.165) is 75.3 Å². The van der Waals surface area contributed by atoms with Gasteiger partial charge in [-0.25, -0.2) is 0 Å². The number of amides is 3. The fraction of sp³-hybridized carbons (Fsp3) is 0.609. The summed E-state index contributed by atoms with van der Waals surface area (Å²) in [6, 6.07) is 5.95. The van der Waals surface area contributed by atoms with Gasteiger partial charge in [-0.15, -0.1) is 0 Å². The van der Waals surface area contributed by atoms with Gasteiger partial charge in [0.1, 0.15) is 0 Å². The average Bonchev–Trinajstić information content (AvgIpc) is 3.45. The first-order valence-corrected chi connectivity index (χ1v) is 11.2. The molecule has 3 amide bonds. The van der Waals surface area contributed by atoms with E-state index in [4.69, 9.17) is 0 Å². The van der Waals surface area contributed by atoms with Gasteiger partial charge in [0.25, 0.3) is 0 Å². The molecule has 1 aromatic rings. The molecule has 0 radical (unpaired) electrons. The Labute approximate surface area is 177 Å². The quantitative estimate of drug-likeness (QED) is 0.758. The van der Waals surface area contributed by atoms with E-state index in [0.29, 0.717) is 6.54 Å². The normalized spacial score (nSPS) is 24.9. The summed E-state index contributed by atoms with van der Waals surface area (Å²) in [7, 11) is 2.09. The van der Waals surface area contributed by atoms with Gasteiger partial charge >= 0.3 is 0 Å². The standard InChI is InChI=1S/C23H30N4O3/c1-24-8-2-9-25(12-11-24)22(29)18-14-21(28)27(15-18)19-5-6-20-17(13-19)7-10-26(20)23(30)16-3-4-16/h5-6,13,16,18H,2-4,7-12,14-15H2,1H3/t18-/m1/s1. The molecule has 0 aromatic heterocycles. The van der Waals surface area contributed by atoms with Gasteiger partial charge in [0.2, 0.25) is 17.7 Å². The minimum atomic E-state index is -0.262. The average molecular weight is 411 g/mol. The number of likely N-dealkylation sites (N-methyl/N-ethyl adjacent to an activating group) is 1. The van der Waals surface area contributed by atoms with Gasteiger partial charge in [-0.1, -0.05) is 0 Å². The highest BCUT2D eigenvalue weighted by atomic mass is 16.2. The summed E-state index contributed by atoms with van der Waals surface area (Å²) in [5.74, 6) is 0.323. The van der Waals surface area contributed by atoms with Crippen molar-refractivity contribution in [3.8, 4) is 0 Å². The van der Waals surface area contributed by atoms with Crippen molar-refractivity contribution in [2.24, 2.45) is 11.8 Å². The highest BCUT2D eigenvalue weighted by molar-refractivity contribution is 6.02. The molecule has 4 aliphatic rings. The maximum Gasteiger partial charge on any atom is 0.230 e. The second-order valence-electron chi connectivity index (χ2n) is 9.21. The maximum atomic E-state index is 13.0. The summed E-state index contributed by atoms with van der Waals surface area (Å²) in [6.07, 6.45) is 4.11. The molecule has 7 nitrogen and oxygen atoms in total. The van der Waals surface area contributed by atoms with E-state index in [-0.39, 0.29) is 36.0 Å². The summed E-state index contributed by atoms with van der Waals surface area (Å²) in [5.41, 5.74) is 2.97. The van der Waals surface area contributed by atoms with Crippen molar-refractivity contribution in [1.29, 1.82) is 0 Å². The molecular formula is C23H30N4O3. The molecule has 1 aliphatic carbocycles. The Morgan fingerprint density at radius 2 is 1.80 bits per heavy atom. The molecule has 1 saturated carbocycles. The second kappa shape index (κ2) is 7.69. The van der Waals surface area contributed by atoms with Crippen LogP contribution in [0.15, 0.2) is 18.2 Å². The minimum Gasteiger partial charge on any atom is -0.341 e. The first kappa shape index (κ1) is 19.5. The van der Waals surface area contributed by atoms with Crippen molar-refractivity contribution in [3.05, 3.63) is 23.8 Å². The van der Waals surface area contributed by atoms with Gasteiger partial charge < -0.3 is 19.6 Å². The van der Waals surface area contributed by atoms with Crippen LogP contribution in [0.25, 0.3) is 0 Å². The molecule has 2 saturated heterocycles. The van der Waals surface area contributed by atoms with Crippen molar-refractivity contribution in [3.63, 3.8) is 0 Å². The Hall–Kier alpha value is -2.41. The van der Waals surface area contributed by atoms with Crippen LogP contribution in [0.4, 0.5) is 11.4 Å². The number of anilines is 2. The Morgan fingerprint density at radius 3 is 2.60 bits per heavy atom. The van der Waals surface area contributed by atoms with Gasteiger partial charge in [-0.05, 0) is 63.0 Å². The highest BCUT2D eigenvalue weighted by Gasteiger charge is 2.39. The summed E-state index contributed by atoms with van der Waals surface area (Å²) in [5, 5.41) is 0. The van der Waals surface area contributed by atoms with Gasteiger partial charge in [0, 0.05) is 56.4 Å². The van der Waals surface area contributed by atoms with Crippen LogP contribution >= 0.6 is 0 Å². The summed E-state index contributed by atoms with van der Waals surface area (Å²) < 4.78 is 0. The lowest BCUT2D eigenvalue weighted by atomic mass is 10.1. The Kier molecular flexibility index (Phi) is 5.01. The van der Waals surface area contributed by atoms with Crippen LogP contribution in [0, 0.1) is 11.8 Å². The zero-order valence-electron chi connectivity index (χ0n) is 17.7. The van der Waals surface area contributed by atoms with E-state index >= 15 is 0 Å². The van der Waals surface area contributed by atoms with Crippen molar-refractivity contribution >= 4 is 29.1 Å². The zero-order chi connectivity index (χ0) is 20.8.